The van der Waals surface area contributed by atoms with Gasteiger partial charge in [0, 0.05) is 6.54 Å². The maximum absolute atomic E-state index is 9.35. The first-order chi connectivity index (χ1) is 8.74. The molecule has 0 amide bonds. The molecule has 2 rings (SSSR count). The molecule has 4 nitrogen and oxygen atoms in total. The summed E-state index contributed by atoms with van der Waals surface area (Å²) in [6.07, 6.45) is 3.94. The number of hydrogen-bond donors (Lipinski definition) is 2. The van der Waals surface area contributed by atoms with Crippen LogP contribution in [0.25, 0.3) is 0 Å². The molecule has 1 atom stereocenters. The van der Waals surface area contributed by atoms with Crippen LogP contribution in [0.4, 0.5) is 0 Å². The third-order valence-electron chi connectivity index (χ3n) is 3.54. The highest BCUT2D eigenvalue weighted by Gasteiger charge is 2.19. The van der Waals surface area contributed by atoms with Crippen LogP contribution < -0.4 is 5.32 Å². The SMILES string of the molecule is CC(O)CN1CCC(CNCc2ccco2)CC1. The summed E-state index contributed by atoms with van der Waals surface area (Å²) in [6, 6.07) is 3.92. The molecule has 2 heterocycles. The van der Waals surface area contributed by atoms with Gasteiger partial charge in [-0.05, 0) is 57.5 Å². The number of nitrogens with one attached hydrogen (secondary N) is 1. The molecule has 1 saturated heterocycles. The number of β-amino-alcohol motifs (C(OH)–C–C–N with tert-alkyl or cyclic N) is 1. The molecular weight excluding hydrogens is 228 g/mol. The highest BCUT2D eigenvalue weighted by atomic mass is 16.3. The second-order valence-corrected chi connectivity index (χ2v) is 5.30. The highest BCUT2D eigenvalue weighted by Crippen LogP contribution is 2.16. The fourth-order valence-corrected chi connectivity index (χ4v) is 2.56. The molecule has 0 aromatic carbocycles. The molecule has 1 aliphatic rings. The lowest BCUT2D eigenvalue weighted by molar-refractivity contribution is 0.0997. The van der Waals surface area contributed by atoms with Crippen molar-refractivity contribution in [3.63, 3.8) is 0 Å². The molecule has 1 aliphatic heterocycles. The fraction of sp³-hybridized carbons (Fsp3) is 0.714. The van der Waals surface area contributed by atoms with E-state index in [0.29, 0.717) is 0 Å². The molecule has 2 N–H and O–H groups in total. The van der Waals surface area contributed by atoms with Crippen molar-refractivity contribution in [3.8, 4) is 0 Å². The van der Waals surface area contributed by atoms with Gasteiger partial charge in [0.05, 0.1) is 18.9 Å². The summed E-state index contributed by atoms with van der Waals surface area (Å²) in [7, 11) is 0. The third kappa shape index (κ3) is 4.44. The average Bonchev–Trinajstić information content (AvgIpc) is 2.84. The summed E-state index contributed by atoms with van der Waals surface area (Å²) < 4.78 is 5.29. The predicted molar refractivity (Wildman–Crippen MR) is 71.3 cm³/mol. The number of furan rings is 1. The number of hydrogen-bond acceptors (Lipinski definition) is 4. The van der Waals surface area contributed by atoms with Crippen LogP contribution in [0, 0.1) is 5.92 Å². The van der Waals surface area contributed by atoms with Crippen molar-refractivity contribution in [2.24, 2.45) is 5.92 Å². The van der Waals surface area contributed by atoms with Gasteiger partial charge in [-0.25, -0.2) is 0 Å². The molecule has 4 heteroatoms. The Morgan fingerprint density at radius 2 is 2.28 bits per heavy atom. The van der Waals surface area contributed by atoms with Crippen LogP contribution in [-0.2, 0) is 6.54 Å². The number of piperidine rings is 1. The average molecular weight is 252 g/mol. The first kappa shape index (κ1) is 13.6. The molecular formula is C14H24N2O2. The van der Waals surface area contributed by atoms with Crippen molar-refractivity contribution >= 4 is 0 Å². The smallest absolute Gasteiger partial charge is 0.117 e. The molecule has 1 unspecified atom stereocenters. The Bertz CT molecular complexity index is 317. The second kappa shape index (κ2) is 6.92. The highest BCUT2D eigenvalue weighted by molar-refractivity contribution is 4.97. The molecule has 1 aromatic heterocycles. The Morgan fingerprint density at radius 1 is 1.50 bits per heavy atom. The second-order valence-electron chi connectivity index (χ2n) is 5.30. The normalized spacial score (nSPS) is 20.1. The predicted octanol–water partition coefficient (Wildman–Crippen LogP) is 1.46. The van der Waals surface area contributed by atoms with Crippen molar-refractivity contribution in [1.82, 2.24) is 10.2 Å². The minimum Gasteiger partial charge on any atom is -0.468 e. The molecule has 0 aliphatic carbocycles. The van der Waals surface area contributed by atoms with Gasteiger partial charge in [-0.2, -0.15) is 0 Å². The van der Waals surface area contributed by atoms with Gasteiger partial charge < -0.3 is 19.7 Å². The largest absolute Gasteiger partial charge is 0.468 e. The Kier molecular flexibility index (Phi) is 5.23. The van der Waals surface area contributed by atoms with Crippen molar-refractivity contribution in [1.29, 1.82) is 0 Å². The van der Waals surface area contributed by atoms with E-state index in [1.807, 2.05) is 19.1 Å². The summed E-state index contributed by atoms with van der Waals surface area (Å²) in [5, 5.41) is 12.8. The van der Waals surface area contributed by atoms with Crippen molar-refractivity contribution in [3.05, 3.63) is 24.2 Å². The first-order valence-electron chi connectivity index (χ1n) is 6.87. The summed E-state index contributed by atoms with van der Waals surface area (Å²) >= 11 is 0. The summed E-state index contributed by atoms with van der Waals surface area (Å²) in [6.45, 7) is 6.77. The summed E-state index contributed by atoms with van der Waals surface area (Å²) in [5.41, 5.74) is 0. The number of likely N-dealkylation sites (tertiary alicyclic amines) is 1. The lowest BCUT2D eigenvalue weighted by Gasteiger charge is -2.32. The Balaban J connectivity index is 1.59. The van der Waals surface area contributed by atoms with E-state index in [1.54, 1.807) is 6.26 Å². The van der Waals surface area contributed by atoms with Crippen molar-refractivity contribution < 1.29 is 9.52 Å². The molecule has 102 valence electrons. The van der Waals surface area contributed by atoms with Crippen molar-refractivity contribution in [2.45, 2.75) is 32.4 Å². The van der Waals surface area contributed by atoms with Crippen LogP contribution in [0.2, 0.25) is 0 Å². The molecule has 0 saturated carbocycles. The fourth-order valence-electron chi connectivity index (χ4n) is 2.56. The topological polar surface area (TPSA) is 48.6 Å². The van der Waals surface area contributed by atoms with Gasteiger partial charge in [0.1, 0.15) is 5.76 Å². The summed E-state index contributed by atoms with van der Waals surface area (Å²) in [5.74, 6) is 1.76. The summed E-state index contributed by atoms with van der Waals surface area (Å²) in [4.78, 5) is 2.35. The van der Waals surface area contributed by atoms with Crippen LogP contribution >= 0.6 is 0 Å². The van der Waals surface area contributed by atoms with E-state index < -0.39 is 0 Å². The zero-order valence-corrected chi connectivity index (χ0v) is 11.1. The molecule has 18 heavy (non-hydrogen) atoms. The van der Waals surface area contributed by atoms with Gasteiger partial charge in [0.15, 0.2) is 0 Å². The standard InChI is InChI=1S/C14H24N2O2/c1-12(17)11-16-6-4-13(5-7-16)9-15-10-14-3-2-8-18-14/h2-3,8,12-13,15,17H,4-7,9-11H2,1H3. The maximum Gasteiger partial charge on any atom is 0.117 e. The minimum absolute atomic E-state index is 0.210. The van der Waals surface area contributed by atoms with E-state index in [0.717, 1.165) is 44.4 Å². The van der Waals surface area contributed by atoms with Gasteiger partial charge in [-0.1, -0.05) is 0 Å². The van der Waals surface area contributed by atoms with Crippen LogP contribution in [0.1, 0.15) is 25.5 Å². The Hall–Kier alpha value is -0.840. The number of nitrogens with zero attached hydrogens (tertiary/aromatic N) is 1. The van der Waals surface area contributed by atoms with E-state index in [1.165, 1.54) is 12.8 Å². The lowest BCUT2D eigenvalue weighted by atomic mass is 9.96. The van der Waals surface area contributed by atoms with E-state index in [4.69, 9.17) is 4.42 Å². The van der Waals surface area contributed by atoms with Gasteiger partial charge in [-0.3, -0.25) is 0 Å². The zero-order chi connectivity index (χ0) is 12.8. The van der Waals surface area contributed by atoms with Crippen LogP contribution in [0.15, 0.2) is 22.8 Å². The Morgan fingerprint density at radius 3 is 2.89 bits per heavy atom. The van der Waals surface area contributed by atoms with Crippen LogP contribution in [-0.4, -0.2) is 42.3 Å². The molecule has 0 radical (unpaired) electrons. The van der Waals surface area contributed by atoms with Gasteiger partial charge in [0.2, 0.25) is 0 Å². The van der Waals surface area contributed by atoms with E-state index in [2.05, 4.69) is 10.2 Å². The molecule has 1 fully saturated rings. The Labute approximate surface area is 109 Å². The zero-order valence-electron chi connectivity index (χ0n) is 11.1. The van der Waals surface area contributed by atoms with Crippen LogP contribution in [0.3, 0.4) is 0 Å². The number of rotatable bonds is 6. The quantitative estimate of drug-likeness (QED) is 0.805. The molecule has 1 aromatic rings. The third-order valence-corrected chi connectivity index (χ3v) is 3.54. The number of aliphatic hydroxyl groups is 1. The van der Waals surface area contributed by atoms with Crippen molar-refractivity contribution in [2.75, 3.05) is 26.2 Å². The van der Waals surface area contributed by atoms with E-state index >= 15 is 0 Å². The van der Waals surface area contributed by atoms with Gasteiger partial charge in [-0.15, -0.1) is 0 Å². The molecule has 0 spiro atoms. The van der Waals surface area contributed by atoms with Gasteiger partial charge in [0.25, 0.3) is 0 Å². The number of aliphatic hydroxyl groups excluding tert-OH is 1. The first-order valence-corrected chi connectivity index (χ1v) is 6.87. The minimum atomic E-state index is -0.210. The van der Waals surface area contributed by atoms with E-state index in [9.17, 15) is 5.11 Å². The lowest BCUT2D eigenvalue weighted by Crippen LogP contribution is -2.40. The van der Waals surface area contributed by atoms with Gasteiger partial charge >= 0.3 is 0 Å². The maximum atomic E-state index is 9.35. The van der Waals surface area contributed by atoms with E-state index in [-0.39, 0.29) is 6.10 Å². The molecule has 0 bridgehead atoms. The monoisotopic (exact) mass is 252 g/mol. The van der Waals surface area contributed by atoms with Crippen LogP contribution in [0.5, 0.6) is 0 Å².